The van der Waals surface area contributed by atoms with Crippen LogP contribution in [0.5, 0.6) is 23.0 Å². The van der Waals surface area contributed by atoms with E-state index in [0.717, 1.165) is 49.8 Å². The molecule has 0 fully saturated rings. The summed E-state index contributed by atoms with van der Waals surface area (Å²) in [5.74, 6) is 4.62. The topological polar surface area (TPSA) is 70.3 Å². The molecule has 58 heavy (non-hydrogen) atoms. The average molecular weight is 746 g/mol. The minimum Gasteiger partial charge on any atom is -0.456 e. The monoisotopic (exact) mass is 745 g/mol. The number of para-hydroxylation sites is 1. The second-order valence-electron chi connectivity index (χ2n) is 14.7. The van der Waals surface area contributed by atoms with E-state index in [4.69, 9.17) is 28.8 Å². The minimum absolute atomic E-state index is 0.174. The lowest BCUT2D eigenvalue weighted by Crippen LogP contribution is -2.01. The summed E-state index contributed by atoms with van der Waals surface area (Å²) < 4.78 is 18.8. The number of hydrogen-bond acceptors (Lipinski definition) is 6. The number of benzene rings is 8. The minimum atomic E-state index is 0.174. The molecule has 12 rings (SSSR count). The number of aromatic nitrogens is 3. The first-order chi connectivity index (χ1) is 28.7. The van der Waals surface area contributed by atoms with Crippen LogP contribution >= 0.6 is 0 Å². The van der Waals surface area contributed by atoms with Gasteiger partial charge >= 0.3 is 0 Å². The lowest BCUT2D eigenvalue weighted by molar-refractivity contribution is 0.360. The second-order valence-corrected chi connectivity index (χ2v) is 14.7. The largest absolute Gasteiger partial charge is 0.456 e. The number of fused-ring (bicyclic) bond motifs is 8. The van der Waals surface area contributed by atoms with Gasteiger partial charge in [0.05, 0.1) is 0 Å². The van der Waals surface area contributed by atoms with Crippen molar-refractivity contribution in [2.75, 3.05) is 0 Å². The van der Waals surface area contributed by atoms with Gasteiger partial charge in [-0.1, -0.05) is 152 Å². The van der Waals surface area contributed by atoms with Gasteiger partial charge in [0.15, 0.2) is 40.5 Å². The molecule has 6 nitrogen and oxygen atoms in total. The van der Waals surface area contributed by atoms with Crippen LogP contribution in [0, 0.1) is 0 Å². The molecule has 1 aliphatic heterocycles. The fourth-order valence-corrected chi connectivity index (χ4v) is 8.48. The Balaban J connectivity index is 0.864. The summed E-state index contributed by atoms with van der Waals surface area (Å²) in [5, 5.41) is 2.03. The Hall–Kier alpha value is -7.83. The van der Waals surface area contributed by atoms with Crippen LogP contribution in [-0.4, -0.2) is 15.0 Å². The Morgan fingerprint density at radius 2 is 0.862 bits per heavy atom. The number of ether oxygens (including phenoxy) is 2. The van der Waals surface area contributed by atoms with E-state index in [2.05, 4.69) is 103 Å². The molecular weight excluding hydrogens is 715 g/mol. The highest BCUT2D eigenvalue weighted by Gasteiger charge is 2.29. The zero-order chi connectivity index (χ0) is 38.2. The molecule has 3 heterocycles. The van der Waals surface area contributed by atoms with Gasteiger partial charge in [0.1, 0.15) is 11.2 Å². The number of rotatable bonds is 5. The van der Waals surface area contributed by atoms with E-state index < -0.39 is 0 Å². The van der Waals surface area contributed by atoms with E-state index in [1.807, 2.05) is 78.9 Å². The average Bonchev–Trinajstić information content (AvgIpc) is 3.83. The highest BCUT2D eigenvalue weighted by Crippen LogP contribution is 2.50. The van der Waals surface area contributed by atoms with Crippen molar-refractivity contribution in [3.05, 3.63) is 199 Å². The van der Waals surface area contributed by atoms with Crippen LogP contribution < -0.4 is 9.47 Å². The Morgan fingerprint density at radius 3 is 1.57 bits per heavy atom. The zero-order valence-electron chi connectivity index (χ0n) is 31.0. The molecule has 0 saturated heterocycles. The first-order valence-corrected chi connectivity index (χ1v) is 19.4. The van der Waals surface area contributed by atoms with Gasteiger partial charge in [-0.2, -0.15) is 0 Å². The molecule has 272 valence electrons. The van der Waals surface area contributed by atoms with Gasteiger partial charge in [0, 0.05) is 39.4 Å². The number of furan rings is 1. The molecule has 6 heteroatoms. The van der Waals surface area contributed by atoms with Crippen molar-refractivity contribution in [2.45, 2.75) is 5.92 Å². The van der Waals surface area contributed by atoms with Gasteiger partial charge in [0.25, 0.3) is 0 Å². The van der Waals surface area contributed by atoms with Crippen LogP contribution in [0.1, 0.15) is 22.6 Å². The van der Waals surface area contributed by atoms with Crippen LogP contribution in [0.4, 0.5) is 0 Å². The molecule has 2 aromatic heterocycles. The van der Waals surface area contributed by atoms with E-state index >= 15 is 0 Å². The van der Waals surface area contributed by atoms with Gasteiger partial charge in [-0.05, 0) is 63.2 Å². The molecule has 0 spiro atoms. The molecule has 0 atom stereocenters. The molecule has 0 unspecified atom stereocenters. The first kappa shape index (κ1) is 32.4. The lowest BCUT2D eigenvalue weighted by Gasteiger charge is -2.21. The molecule has 0 radical (unpaired) electrons. The summed E-state index contributed by atoms with van der Waals surface area (Å²) >= 11 is 0. The van der Waals surface area contributed by atoms with Gasteiger partial charge in [0.2, 0.25) is 0 Å². The maximum atomic E-state index is 6.44. The van der Waals surface area contributed by atoms with Gasteiger partial charge in [-0.25, -0.2) is 15.0 Å². The third kappa shape index (κ3) is 5.30. The molecule has 0 saturated carbocycles. The molecule has 0 bridgehead atoms. The Labute approximate surface area is 333 Å². The summed E-state index contributed by atoms with van der Waals surface area (Å²) in [6.45, 7) is 0. The van der Waals surface area contributed by atoms with Crippen LogP contribution in [0.2, 0.25) is 0 Å². The van der Waals surface area contributed by atoms with Crippen molar-refractivity contribution in [1.82, 2.24) is 15.0 Å². The van der Waals surface area contributed by atoms with Crippen LogP contribution in [-0.2, 0) is 0 Å². The molecule has 1 aliphatic carbocycles. The number of hydrogen-bond donors (Lipinski definition) is 0. The van der Waals surface area contributed by atoms with Crippen LogP contribution in [0.3, 0.4) is 0 Å². The van der Waals surface area contributed by atoms with Crippen LogP contribution in [0.25, 0.3) is 78.4 Å². The van der Waals surface area contributed by atoms with E-state index in [9.17, 15) is 0 Å². The molecule has 2 aliphatic rings. The molecule has 10 aromatic rings. The predicted molar refractivity (Wildman–Crippen MR) is 228 cm³/mol. The van der Waals surface area contributed by atoms with E-state index in [1.54, 1.807) is 0 Å². The smallest absolute Gasteiger partial charge is 0.173 e. The SMILES string of the molecule is c1ccc(-c2nc(-c3ccc(-c4ccc5c(c4)Oc4cc6c(cc4O5)oc4ccccc46)cc3)nc(-c3ccc(C4c5ccccc5-c5ccccc54)cc3)n2)cc1. The number of nitrogens with zero attached hydrogens (tertiary/aromatic N) is 3. The van der Waals surface area contributed by atoms with Gasteiger partial charge in [-0.3, -0.25) is 0 Å². The van der Waals surface area contributed by atoms with Crippen molar-refractivity contribution in [3.8, 4) is 79.4 Å². The Morgan fingerprint density at radius 1 is 0.345 bits per heavy atom. The zero-order valence-corrected chi connectivity index (χ0v) is 31.0. The van der Waals surface area contributed by atoms with Gasteiger partial charge < -0.3 is 13.9 Å². The van der Waals surface area contributed by atoms with E-state index in [-0.39, 0.29) is 5.92 Å². The normalized spacial score (nSPS) is 12.7. The third-order valence-electron chi connectivity index (χ3n) is 11.3. The van der Waals surface area contributed by atoms with Crippen molar-refractivity contribution < 1.29 is 13.9 Å². The van der Waals surface area contributed by atoms with E-state index in [0.29, 0.717) is 40.5 Å². The molecule has 0 amide bonds. The maximum absolute atomic E-state index is 6.44. The van der Waals surface area contributed by atoms with Crippen molar-refractivity contribution in [1.29, 1.82) is 0 Å². The standard InChI is InChI=1S/C52H31N3O3/c1-2-10-33(11-3-1)50-53-51(55-52(54-50)35-24-20-32(21-25-35)49-40-15-6-4-12-37(40)38-13-5-7-16-41(38)49)34-22-18-31(19-23-34)36-26-27-44-46(28-36)58-47-29-42-39-14-8-9-17-43(39)56-45(42)30-48(47)57-44/h1-30,49H. The molecule has 8 aromatic carbocycles. The molecule has 0 N–H and O–H groups in total. The fraction of sp³-hybridized carbons (Fsp3) is 0.0192. The highest BCUT2D eigenvalue weighted by atomic mass is 16.6. The summed E-state index contributed by atoms with van der Waals surface area (Å²) in [5.41, 5.74) is 12.9. The van der Waals surface area contributed by atoms with Crippen molar-refractivity contribution >= 4 is 21.9 Å². The summed E-state index contributed by atoms with van der Waals surface area (Å²) in [6, 6.07) is 62.4. The third-order valence-corrected chi connectivity index (χ3v) is 11.3. The van der Waals surface area contributed by atoms with Crippen molar-refractivity contribution in [2.24, 2.45) is 0 Å². The predicted octanol–water partition coefficient (Wildman–Crippen LogP) is 13.5. The van der Waals surface area contributed by atoms with Crippen LogP contribution in [0.15, 0.2) is 186 Å². The maximum Gasteiger partial charge on any atom is 0.173 e. The van der Waals surface area contributed by atoms with E-state index in [1.165, 1.54) is 27.8 Å². The lowest BCUT2D eigenvalue weighted by atomic mass is 9.89. The highest BCUT2D eigenvalue weighted by molar-refractivity contribution is 6.06. The summed E-state index contributed by atoms with van der Waals surface area (Å²) in [7, 11) is 0. The Kier molecular flexibility index (Phi) is 7.19. The second kappa shape index (κ2) is 12.9. The molecular formula is C52H31N3O3. The Bertz CT molecular complexity index is 3180. The first-order valence-electron chi connectivity index (χ1n) is 19.4. The van der Waals surface area contributed by atoms with Gasteiger partial charge in [-0.15, -0.1) is 0 Å². The summed E-state index contributed by atoms with van der Waals surface area (Å²) in [6.07, 6.45) is 0. The fourth-order valence-electron chi connectivity index (χ4n) is 8.48. The summed E-state index contributed by atoms with van der Waals surface area (Å²) in [4.78, 5) is 15.0. The quantitative estimate of drug-likeness (QED) is 0.175. The van der Waals surface area contributed by atoms with Crippen molar-refractivity contribution in [3.63, 3.8) is 0 Å².